The van der Waals surface area contributed by atoms with Gasteiger partial charge in [-0.1, -0.05) is 0 Å². The minimum Gasteiger partial charge on any atom is -0.495 e. The molecule has 0 fully saturated rings. The van der Waals surface area contributed by atoms with Gasteiger partial charge in [0.05, 0.1) is 17.7 Å². The molecule has 114 valence electrons. The third kappa shape index (κ3) is 3.50. The number of aromatic nitrogens is 3. The van der Waals surface area contributed by atoms with Crippen LogP contribution in [0.1, 0.15) is 5.82 Å². The minimum absolute atomic E-state index is 0.0961. The molecule has 0 aliphatic heterocycles. The average molecular weight is 311 g/mol. The normalized spacial score (nSPS) is 11.5. The summed E-state index contributed by atoms with van der Waals surface area (Å²) in [6, 6.07) is 4.33. The number of nitrogens with zero attached hydrogens (tertiary/aromatic N) is 3. The van der Waals surface area contributed by atoms with E-state index in [-0.39, 0.29) is 17.1 Å². The highest BCUT2D eigenvalue weighted by molar-refractivity contribution is 7.89. The average Bonchev–Trinajstić information content (AvgIpc) is 2.84. The first-order chi connectivity index (χ1) is 9.94. The molecule has 0 atom stereocenters. The fraction of sp³-hybridized carbons (Fsp3) is 0.333. The van der Waals surface area contributed by atoms with E-state index >= 15 is 0 Å². The van der Waals surface area contributed by atoms with Crippen LogP contribution in [0.5, 0.6) is 5.75 Å². The second-order valence-electron chi connectivity index (χ2n) is 4.41. The van der Waals surface area contributed by atoms with Crippen LogP contribution >= 0.6 is 0 Å². The fourth-order valence-corrected chi connectivity index (χ4v) is 2.86. The molecular weight excluding hydrogens is 294 g/mol. The molecule has 8 nitrogen and oxygen atoms in total. The van der Waals surface area contributed by atoms with Gasteiger partial charge in [-0.2, -0.15) is 0 Å². The SMILES string of the molecule is COc1ccc(S(=O)(=O)NCCc2nncn2C)cc1N. The van der Waals surface area contributed by atoms with Gasteiger partial charge in [-0.3, -0.25) is 0 Å². The molecule has 0 radical (unpaired) electrons. The zero-order valence-electron chi connectivity index (χ0n) is 11.8. The molecule has 0 unspecified atom stereocenters. The number of benzene rings is 1. The third-order valence-electron chi connectivity index (χ3n) is 2.96. The van der Waals surface area contributed by atoms with Crippen LogP contribution < -0.4 is 15.2 Å². The number of anilines is 1. The molecule has 0 amide bonds. The third-order valence-corrected chi connectivity index (χ3v) is 4.42. The van der Waals surface area contributed by atoms with E-state index in [4.69, 9.17) is 10.5 Å². The molecule has 2 rings (SSSR count). The highest BCUT2D eigenvalue weighted by Crippen LogP contribution is 2.24. The van der Waals surface area contributed by atoms with Crippen molar-refractivity contribution in [3.05, 3.63) is 30.4 Å². The van der Waals surface area contributed by atoms with Crippen molar-refractivity contribution in [2.75, 3.05) is 19.4 Å². The summed E-state index contributed by atoms with van der Waals surface area (Å²) in [5.74, 6) is 1.14. The molecule has 21 heavy (non-hydrogen) atoms. The summed E-state index contributed by atoms with van der Waals surface area (Å²) in [6.45, 7) is 0.223. The molecule has 0 saturated heterocycles. The Balaban J connectivity index is 2.05. The lowest BCUT2D eigenvalue weighted by Crippen LogP contribution is -2.26. The van der Waals surface area contributed by atoms with Gasteiger partial charge in [0.2, 0.25) is 10.0 Å². The molecule has 0 saturated carbocycles. The molecule has 0 spiro atoms. The fourth-order valence-electron chi connectivity index (χ4n) is 1.79. The Morgan fingerprint density at radius 2 is 2.19 bits per heavy atom. The highest BCUT2D eigenvalue weighted by Gasteiger charge is 2.15. The van der Waals surface area contributed by atoms with Gasteiger partial charge in [-0.25, -0.2) is 13.1 Å². The van der Waals surface area contributed by atoms with Crippen molar-refractivity contribution in [3.63, 3.8) is 0 Å². The first-order valence-corrected chi connectivity index (χ1v) is 7.68. The second-order valence-corrected chi connectivity index (χ2v) is 6.18. The van der Waals surface area contributed by atoms with E-state index in [1.807, 2.05) is 0 Å². The number of nitrogen functional groups attached to an aromatic ring is 1. The van der Waals surface area contributed by atoms with E-state index in [0.717, 1.165) is 0 Å². The lowest BCUT2D eigenvalue weighted by Gasteiger charge is -2.09. The number of nitrogens with one attached hydrogen (secondary N) is 1. The molecule has 0 bridgehead atoms. The number of sulfonamides is 1. The molecule has 3 N–H and O–H groups in total. The maximum atomic E-state index is 12.1. The Bertz CT molecular complexity index is 726. The van der Waals surface area contributed by atoms with Crippen molar-refractivity contribution in [1.29, 1.82) is 0 Å². The number of aryl methyl sites for hydroxylation is 1. The number of hydrogen-bond donors (Lipinski definition) is 2. The zero-order chi connectivity index (χ0) is 15.5. The van der Waals surface area contributed by atoms with Crippen LogP contribution in [0.4, 0.5) is 5.69 Å². The smallest absolute Gasteiger partial charge is 0.240 e. The van der Waals surface area contributed by atoms with Crippen LogP contribution in [-0.2, 0) is 23.5 Å². The Morgan fingerprint density at radius 3 is 2.76 bits per heavy atom. The van der Waals surface area contributed by atoms with Gasteiger partial charge < -0.3 is 15.0 Å². The summed E-state index contributed by atoms with van der Waals surface area (Å²) in [4.78, 5) is 0.0961. The van der Waals surface area contributed by atoms with E-state index in [1.165, 1.54) is 25.3 Å². The molecule has 0 aliphatic carbocycles. The van der Waals surface area contributed by atoms with E-state index in [1.54, 1.807) is 17.9 Å². The van der Waals surface area contributed by atoms with Gasteiger partial charge in [-0.05, 0) is 18.2 Å². The number of ether oxygens (including phenoxy) is 1. The standard InChI is InChI=1S/C12H17N5O3S/c1-17-8-14-16-12(17)5-6-15-21(18,19)9-3-4-11(20-2)10(13)7-9/h3-4,7-8,15H,5-6,13H2,1-2H3. The van der Waals surface area contributed by atoms with Crippen molar-refractivity contribution in [3.8, 4) is 5.75 Å². The summed E-state index contributed by atoms with van der Waals surface area (Å²) < 4.78 is 33.5. The van der Waals surface area contributed by atoms with Gasteiger partial charge in [-0.15, -0.1) is 10.2 Å². The minimum atomic E-state index is -3.62. The Morgan fingerprint density at radius 1 is 1.43 bits per heavy atom. The second kappa shape index (κ2) is 6.10. The quantitative estimate of drug-likeness (QED) is 0.722. The summed E-state index contributed by atoms with van der Waals surface area (Å²) in [5.41, 5.74) is 5.99. The monoisotopic (exact) mass is 311 g/mol. The van der Waals surface area contributed by atoms with Crippen LogP contribution in [0.3, 0.4) is 0 Å². The predicted octanol–water partition coefficient (Wildman–Crippen LogP) is -0.0731. The van der Waals surface area contributed by atoms with Crippen molar-refractivity contribution in [1.82, 2.24) is 19.5 Å². The maximum absolute atomic E-state index is 12.1. The largest absolute Gasteiger partial charge is 0.495 e. The number of methoxy groups -OCH3 is 1. The lowest BCUT2D eigenvalue weighted by atomic mass is 10.3. The first-order valence-electron chi connectivity index (χ1n) is 6.20. The topological polar surface area (TPSA) is 112 Å². The summed E-state index contributed by atoms with van der Waals surface area (Å²) in [6.07, 6.45) is 2.01. The van der Waals surface area contributed by atoms with Crippen molar-refractivity contribution < 1.29 is 13.2 Å². The maximum Gasteiger partial charge on any atom is 0.240 e. The van der Waals surface area contributed by atoms with Gasteiger partial charge in [0.25, 0.3) is 0 Å². The van der Waals surface area contributed by atoms with E-state index in [0.29, 0.717) is 18.0 Å². The van der Waals surface area contributed by atoms with Gasteiger partial charge in [0, 0.05) is 20.0 Å². The van der Waals surface area contributed by atoms with Gasteiger partial charge in [0.15, 0.2) is 0 Å². The molecule has 9 heteroatoms. The zero-order valence-corrected chi connectivity index (χ0v) is 12.6. The van der Waals surface area contributed by atoms with Crippen LogP contribution in [0, 0.1) is 0 Å². The number of nitrogens with two attached hydrogens (primary N) is 1. The Hall–Kier alpha value is -2.13. The molecule has 1 aromatic heterocycles. The Kier molecular flexibility index (Phi) is 4.43. The van der Waals surface area contributed by atoms with Crippen molar-refractivity contribution in [2.45, 2.75) is 11.3 Å². The Labute approximate surface area is 123 Å². The van der Waals surface area contributed by atoms with Crippen LogP contribution in [0.2, 0.25) is 0 Å². The summed E-state index contributed by atoms with van der Waals surface area (Å²) >= 11 is 0. The summed E-state index contributed by atoms with van der Waals surface area (Å²) in [5, 5.41) is 7.62. The lowest BCUT2D eigenvalue weighted by molar-refractivity contribution is 0.416. The molecule has 1 heterocycles. The van der Waals surface area contributed by atoms with Gasteiger partial charge in [0.1, 0.15) is 17.9 Å². The number of rotatable bonds is 6. The predicted molar refractivity (Wildman–Crippen MR) is 77.3 cm³/mol. The van der Waals surface area contributed by atoms with Crippen molar-refractivity contribution >= 4 is 15.7 Å². The molecule has 1 aromatic carbocycles. The number of hydrogen-bond acceptors (Lipinski definition) is 6. The highest BCUT2D eigenvalue weighted by atomic mass is 32.2. The first kappa shape index (κ1) is 15.3. The molecular formula is C12H17N5O3S. The molecule has 0 aliphatic rings. The van der Waals surface area contributed by atoms with E-state index in [2.05, 4.69) is 14.9 Å². The van der Waals surface area contributed by atoms with E-state index in [9.17, 15) is 8.42 Å². The van der Waals surface area contributed by atoms with Crippen LogP contribution in [0.15, 0.2) is 29.4 Å². The molecule has 2 aromatic rings. The van der Waals surface area contributed by atoms with Gasteiger partial charge >= 0.3 is 0 Å². The summed E-state index contributed by atoms with van der Waals surface area (Å²) in [7, 11) is -0.346. The van der Waals surface area contributed by atoms with E-state index < -0.39 is 10.0 Å². The van der Waals surface area contributed by atoms with Crippen LogP contribution in [0.25, 0.3) is 0 Å². The van der Waals surface area contributed by atoms with Crippen molar-refractivity contribution in [2.24, 2.45) is 7.05 Å². The van der Waals surface area contributed by atoms with Crippen LogP contribution in [-0.4, -0.2) is 36.8 Å².